The molecular formula is C19H15FN4. The van der Waals surface area contributed by atoms with Crippen molar-refractivity contribution >= 4 is 17.5 Å². The van der Waals surface area contributed by atoms with Crippen LogP contribution in [0, 0.1) is 5.95 Å². The maximum Gasteiger partial charge on any atom is 0.221 e. The summed E-state index contributed by atoms with van der Waals surface area (Å²) in [5, 5.41) is 2.94. The van der Waals surface area contributed by atoms with E-state index in [0.717, 1.165) is 28.9 Å². The first kappa shape index (κ1) is 14.5. The third-order valence-corrected chi connectivity index (χ3v) is 4.16. The van der Waals surface area contributed by atoms with Gasteiger partial charge in [-0.1, -0.05) is 0 Å². The molecule has 0 spiro atoms. The van der Waals surface area contributed by atoms with Crippen LogP contribution in [-0.2, 0) is 6.42 Å². The summed E-state index contributed by atoms with van der Waals surface area (Å²) in [4.78, 5) is 12.5. The summed E-state index contributed by atoms with van der Waals surface area (Å²) >= 11 is 0. The first-order valence-corrected chi connectivity index (χ1v) is 7.69. The molecule has 0 saturated carbocycles. The zero-order valence-corrected chi connectivity index (χ0v) is 13.1. The highest BCUT2D eigenvalue weighted by atomic mass is 19.1. The van der Waals surface area contributed by atoms with Crippen molar-refractivity contribution in [2.45, 2.75) is 6.42 Å². The number of aromatic nitrogens is 3. The van der Waals surface area contributed by atoms with Crippen LogP contribution in [0.5, 0.6) is 0 Å². The molecule has 0 aliphatic heterocycles. The third-order valence-electron chi connectivity index (χ3n) is 4.16. The Hall–Kier alpha value is -3.08. The normalized spacial score (nSPS) is 12.7. The molecule has 0 saturated heterocycles. The molecule has 0 amide bonds. The van der Waals surface area contributed by atoms with Crippen molar-refractivity contribution in [2.24, 2.45) is 0 Å². The number of anilines is 1. The number of rotatable bonds is 3. The van der Waals surface area contributed by atoms with Gasteiger partial charge in [0.2, 0.25) is 5.95 Å². The lowest BCUT2D eigenvalue weighted by Crippen LogP contribution is -1.97. The highest BCUT2D eigenvalue weighted by Crippen LogP contribution is 2.31. The Morgan fingerprint density at radius 3 is 2.71 bits per heavy atom. The van der Waals surface area contributed by atoms with Gasteiger partial charge in [-0.05, 0) is 53.1 Å². The number of allylic oxidation sites excluding steroid dienone is 1. The number of pyridine rings is 3. The molecule has 4 rings (SSSR count). The van der Waals surface area contributed by atoms with Crippen LogP contribution in [0.15, 0.2) is 48.9 Å². The summed E-state index contributed by atoms with van der Waals surface area (Å²) in [6.07, 6.45) is 8.02. The first-order valence-electron chi connectivity index (χ1n) is 7.69. The molecule has 5 heteroatoms. The fourth-order valence-electron chi connectivity index (χ4n) is 2.86. The van der Waals surface area contributed by atoms with Gasteiger partial charge in [-0.25, -0.2) is 9.97 Å². The van der Waals surface area contributed by atoms with E-state index in [4.69, 9.17) is 0 Å². The third kappa shape index (κ3) is 2.54. The van der Waals surface area contributed by atoms with Crippen molar-refractivity contribution in [1.29, 1.82) is 0 Å². The first-order chi connectivity index (χ1) is 11.7. The molecule has 0 unspecified atom stereocenters. The maximum atomic E-state index is 14.5. The number of halogens is 1. The standard InChI is InChI=1S/C19H15FN4/c1-21-18-5-2-13(11-23-18)16-3-4-17(24-19(16)20)14-8-12-6-7-22-10-15(12)9-14/h2-8,10-11H,9H2,1H3,(H,21,23). The molecule has 118 valence electrons. The number of hydrogen-bond donors (Lipinski definition) is 1. The zero-order chi connectivity index (χ0) is 16.5. The van der Waals surface area contributed by atoms with Crippen LogP contribution in [-0.4, -0.2) is 22.0 Å². The molecule has 3 aromatic rings. The largest absolute Gasteiger partial charge is 0.373 e. The summed E-state index contributed by atoms with van der Waals surface area (Å²) in [6, 6.07) is 9.22. The van der Waals surface area contributed by atoms with Crippen LogP contribution in [0.25, 0.3) is 22.8 Å². The quantitative estimate of drug-likeness (QED) is 0.746. The highest BCUT2D eigenvalue weighted by Gasteiger charge is 2.17. The number of nitrogens with one attached hydrogen (secondary N) is 1. The van der Waals surface area contributed by atoms with Gasteiger partial charge in [-0.15, -0.1) is 0 Å². The summed E-state index contributed by atoms with van der Waals surface area (Å²) in [7, 11) is 1.79. The van der Waals surface area contributed by atoms with Gasteiger partial charge in [0.15, 0.2) is 0 Å². The molecule has 0 fully saturated rings. The molecule has 0 atom stereocenters. The van der Waals surface area contributed by atoms with E-state index in [1.807, 2.05) is 36.5 Å². The predicted octanol–water partition coefficient (Wildman–Crippen LogP) is 3.82. The Bertz CT molecular complexity index is 932. The zero-order valence-electron chi connectivity index (χ0n) is 13.1. The summed E-state index contributed by atoms with van der Waals surface area (Å²) < 4.78 is 14.5. The van der Waals surface area contributed by atoms with E-state index in [0.29, 0.717) is 16.8 Å². The second-order valence-electron chi connectivity index (χ2n) is 5.64. The molecule has 1 aliphatic carbocycles. The van der Waals surface area contributed by atoms with Gasteiger partial charge < -0.3 is 5.32 Å². The molecule has 4 nitrogen and oxygen atoms in total. The Labute approximate surface area is 139 Å². The van der Waals surface area contributed by atoms with Gasteiger partial charge in [-0.3, -0.25) is 4.98 Å². The van der Waals surface area contributed by atoms with E-state index in [1.54, 1.807) is 25.5 Å². The minimum atomic E-state index is -0.485. The second-order valence-corrected chi connectivity index (χ2v) is 5.64. The van der Waals surface area contributed by atoms with Crippen molar-refractivity contribution in [3.05, 3.63) is 71.7 Å². The topological polar surface area (TPSA) is 50.7 Å². The fraction of sp³-hybridized carbons (Fsp3) is 0.105. The lowest BCUT2D eigenvalue weighted by atomic mass is 10.1. The van der Waals surface area contributed by atoms with E-state index < -0.39 is 5.95 Å². The second kappa shape index (κ2) is 5.85. The van der Waals surface area contributed by atoms with Gasteiger partial charge in [0.05, 0.1) is 5.69 Å². The Morgan fingerprint density at radius 2 is 2.00 bits per heavy atom. The van der Waals surface area contributed by atoms with Crippen molar-refractivity contribution in [1.82, 2.24) is 15.0 Å². The molecule has 3 aromatic heterocycles. The van der Waals surface area contributed by atoms with Crippen molar-refractivity contribution in [3.8, 4) is 11.1 Å². The Morgan fingerprint density at radius 1 is 1.08 bits per heavy atom. The van der Waals surface area contributed by atoms with Gasteiger partial charge in [0.25, 0.3) is 0 Å². The van der Waals surface area contributed by atoms with Crippen molar-refractivity contribution in [2.75, 3.05) is 12.4 Å². The summed E-state index contributed by atoms with van der Waals surface area (Å²) in [5.74, 6) is 0.257. The van der Waals surface area contributed by atoms with Gasteiger partial charge >= 0.3 is 0 Å². The Balaban J connectivity index is 1.65. The van der Waals surface area contributed by atoms with Gasteiger partial charge in [-0.2, -0.15) is 4.39 Å². The SMILES string of the molecule is CNc1ccc(-c2ccc(C3=Cc4ccncc4C3)nc2F)cn1. The van der Waals surface area contributed by atoms with E-state index in [2.05, 4.69) is 20.3 Å². The molecular weight excluding hydrogens is 303 g/mol. The number of hydrogen-bond acceptors (Lipinski definition) is 4. The molecule has 1 N–H and O–H groups in total. The van der Waals surface area contributed by atoms with Crippen LogP contribution in [0.3, 0.4) is 0 Å². The van der Waals surface area contributed by atoms with Gasteiger partial charge in [0.1, 0.15) is 5.82 Å². The maximum absolute atomic E-state index is 14.5. The molecule has 0 bridgehead atoms. The van der Waals surface area contributed by atoms with Crippen LogP contribution in [0.4, 0.5) is 10.2 Å². The van der Waals surface area contributed by atoms with Crippen LogP contribution in [0.2, 0.25) is 0 Å². The highest BCUT2D eigenvalue weighted by molar-refractivity contribution is 5.87. The number of fused-ring (bicyclic) bond motifs is 1. The van der Waals surface area contributed by atoms with Crippen LogP contribution >= 0.6 is 0 Å². The molecule has 3 heterocycles. The van der Waals surface area contributed by atoms with E-state index in [-0.39, 0.29) is 0 Å². The monoisotopic (exact) mass is 318 g/mol. The molecule has 0 radical (unpaired) electrons. The lowest BCUT2D eigenvalue weighted by Gasteiger charge is -2.07. The fourth-order valence-corrected chi connectivity index (χ4v) is 2.86. The average molecular weight is 318 g/mol. The van der Waals surface area contributed by atoms with Crippen LogP contribution < -0.4 is 5.32 Å². The van der Waals surface area contributed by atoms with Gasteiger partial charge in [0, 0.05) is 43.2 Å². The molecule has 0 aromatic carbocycles. The summed E-state index contributed by atoms with van der Waals surface area (Å²) in [6.45, 7) is 0. The molecule has 24 heavy (non-hydrogen) atoms. The molecule has 1 aliphatic rings. The minimum absolute atomic E-state index is 0.451. The smallest absolute Gasteiger partial charge is 0.221 e. The Kier molecular flexibility index (Phi) is 3.54. The average Bonchev–Trinajstić information content (AvgIpc) is 3.06. The predicted molar refractivity (Wildman–Crippen MR) is 92.8 cm³/mol. The van der Waals surface area contributed by atoms with E-state index in [9.17, 15) is 4.39 Å². The van der Waals surface area contributed by atoms with E-state index in [1.165, 1.54) is 0 Å². The van der Waals surface area contributed by atoms with Crippen molar-refractivity contribution < 1.29 is 4.39 Å². The summed E-state index contributed by atoms with van der Waals surface area (Å²) in [5.41, 5.74) is 5.09. The number of nitrogens with zero attached hydrogens (tertiary/aromatic N) is 3. The lowest BCUT2D eigenvalue weighted by molar-refractivity contribution is 0.586. The minimum Gasteiger partial charge on any atom is -0.373 e. The van der Waals surface area contributed by atoms with Crippen molar-refractivity contribution in [3.63, 3.8) is 0 Å². The van der Waals surface area contributed by atoms with Crippen LogP contribution in [0.1, 0.15) is 16.8 Å². The van der Waals surface area contributed by atoms with E-state index >= 15 is 0 Å².